The van der Waals surface area contributed by atoms with Gasteiger partial charge < -0.3 is 14.4 Å². The molecule has 0 saturated carbocycles. The maximum atomic E-state index is 11.5. The van der Waals surface area contributed by atoms with Gasteiger partial charge >= 0.3 is 5.97 Å². The molecule has 128 valence electrons. The SMILES string of the molecule is O=C(O)c1cn(Cc2cccc(Oc3ccccc3)c2)c2ccccc12. The monoisotopic (exact) mass is 343 g/mol. The van der Waals surface area contributed by atoms with Crippen LogP contribution in [0, 0.1) is 0 Å². The summed E-state index contributed by atoms with van der Waals surface area (Å²) in [4.78, 5) is 11.5. The summed E-state index contributed by atoms with van der Waals surface area (Å²) < 4.78 is 7.84. The highest BCUT2D eigenvalue weighted by atomic mass is 16.5. The molecule has 1 N–H and O–H groups in total. The molecule has 4 nitrogen and oxygen atoms in total. The van der Waals surface area contributed by atoms with Crippen LogP contribution in [0.2, 0.25) is 0 Å². The Morgan fingerprint density at radius 1 is 0.885 bits per heavy atom. The Balaban J connectivity index is 1.65. The van der Waals surface area contributed by atoms with E-state index in [-0.39, 0.29) is 0 Å². The number of aromatic carboxylic acids is 1. The Hall–Kier alpha value is -3.53. The van der Waals surface area contributed by atoms with Gasteiger partial charge in [0.15, 0.2) is 0 Å². The number of aromatic nitrogens is 1. The first-order chi connectivity index (χ1) is 12.7. The van der Waals surface area contributed by atoms with Crippen molar-refractivity contribution >= 4 is 16.9 Å². The summed E-state index contributed by atoms with van der Waals surface area (Å²) in [6.45, 7) is 0.569. The van der Waals surface area contributed by atoms with E-state index in [1.54, 1.807) is 6.20 Å². The number of nitrogens with zero attached hydrogens (tertiary/aromatic N) is 1. The Kier molecular flexibility index (Phi) is 4.15. The van der Waals surface area contributed by atoms with E-state index >= 15 is 0 Å². The van der Waals surface area contributed by atoms with Gasteiger partial charge in [-0.15, -0.1) is 0 Å². The third kappa shape index (κ3) is 3.17. The molecule has 4 rings (SSSR count). The van der Waals surface area contributed by atoms with Crippen LogP contribution in [0.25, 0.3) is 10.9 Å². The fraction of sp³-hybridized carbons (Fsp3) is 0.0455. The third-order valence-electron chi connectivity index (χ3n) is 4.25. The summed E-state index contributed by atoms with van der Waals surface area (Å²) in [5.74, 6) is 0.619. The lowest BCUT2D eigenvalue weighted by Crippen LogP contribution is -1.99. The van der Waals surface area contributed by atoms with Crippen LogP contribution < -0.4 is 4.74 Å². The second-order valence-corrected chi connectivity index (χ2v) is 6.06. The number of hydrogen-bond acceptors (Lipinski definition) is 2. The number of fused-ring (bicyclic) bond motifs is 1. The molecule has 4 aromatic rings. The number of benzene rings is 3. The molecule has 0 saturated heterocycles. The first-order valence-corrected chi connectivity index (χ1v) is 8.34. The van der Waals surface area contributed by atoms with Crippen LogP contribution in [0.15, 0.2) is 85.1 Å². The van der Waals surface area contributed by atoms with Gasteiger partial charge in [0, 0.05) is 23.6 Å². The van der Waals surface area contributed by atoms with Gasteiger partial charge in [0.2, 0.25) is 0 Å². The summed E-state index contributed by atoms with van der Waals surface area (Å²) in [6, 6.07) is 25.0. The molecule has 0 spiro atoms. The number of rotatable bonds is 5. The normalized spacial score (nSPS) is 10.8. The van der Waals surface area contributed by atoms with E-state index in [9.17, 15) is 9.90 Å². The highest BCUT2D eigenvalue weighted by Gasteiger charge is 2.13. The van der Waals surface area contributed by atoms with Crippen LogP contribution in [-0.2, 0) is 6.54 Å². The molecule has 0 aliphatic carbocycles. The second-order valence-electron chi connectivity index (χ2n) is 6.06. The largest absolute Gasteiger partial charge is 0.478 e. The fourth-order valence-electron chi connectivity index (χ4n) is 3.08. The molecule has 0 unspecified atom stereocenters. The van der Waals surface area contributed by atoms with Gasteiger partial charge in [-0.2, -0.15) is 0 Å². The molecule has 1 heterocycles. The number of carbonyl (C=O) groups is 1. The lowest BCUT2D eigenvalue weighted by molar-refractivity contribution is 0.0699. The van der Waals surface area contributed by atoms with Gasteiger partial charge in [0.25, 0.3) is 0 Å². The van der Waals surface area contributed by atoms with Crippen molar-refractivity contribution in [2.75, 3.05) is 0 Å². The summed E-state index contributed by atoms with van der Waals surface area (Å²) in [5, 5.41) is 10.2. The third-order valence-corrected chi connectivity index (χ3v) is 4.25. The van der Waals surface area contributed by atoms with Crippen LogP contribution in [0.3, 0.4) is 0 Å². The smallest absolute Gasteiger partial charge is 0.337 e. The highest BCUT2D eigenvalue weighted by Crippen LogP contribution is 2.25. The average molecular weight is 343 g/mol. The second kappa shape index (κ2) is 6.76. The van der Waals surface area contributed by atoms with Crippen LogP contribution in [0.4, 0.5) is 0 Å². The molecule has 0 bridgehead atoms. The molecule has 0 aliphatic rings. The summed E-state index contributed by atoms with van der Waals surface area (Å²) in [5.41, 5.74) is 2.26. The molecule has 0 amide bonds. The quantitative estimate of drug-likeness (QED) is 0.543. The van der Waals surface area contributed by atoms with Gasteiger partial charge in [-0.25, -0.2) is 4.79 Å². The van der Waals surface area contributed by atoms with Crippen molar-refractivity contribution in [3.8, 4) is 11.5 Å². The molecule has 0 atom stereocenters. The van der Waals surface area contributed by atoms with Gasteiger partial charge in [-0.05, 0) is 35.9 Å². The standard InChI is InChI=1S/C22H17NO3/c24-22(25)20-15-23(21-12-5-4-11-19(20)21)14-16-7-6-10-18(13-16)26-17-8-2-1-3-9-17/h1-13,15H,14H2,(H,24,25). The molecule has 1 aromatic heterocycles. The lowest BCUT2D eigenvalue weighted by Gasteiger charge is -2.09. The van der Waals surface area contributed by atoms with E-state index in [1.165, 1.54) is 0 Å². The van der Waals surface area contributed by atoms with Crippen LogP contribution in [0.1, 0.15) is 15.9 Å². The summed E-state index contributed by atoms with van der Waals surface area (Å²) in [6.07, 6.45) is 1.69. The number of para-hydroxylation sites is 2. The van der Waals surface area contributed by atoms with Gasteiger partial charge in [0.1, 0.15) is 11.5 Å². The van der Waals surface area contributed by atoms with Crippen LogP contribution >= 0.6 is 0 Å². The fourth-order valence-corrected chi connectivity index (χ4v) is 3.08. The van der Waals surface area contributed by atoms with Gasteiger partial charge in [-0.1, -0.05) is 48.5 Å². The molecular formula is C22H17NO3. The predicted octanol–water partition coefficient (Wildman–Crippen LogP) is 5.18. The van der Waals surface area contributed by atoms with E-state index in [0.29, 0.717) is 12.1 Å². The summed E-state index contributed by atoms with van der Waals surface area (Å²) >= 11 is 0. The first-order valence-electron chi connectivity index (χ1n) is 8.34. The van der Waals surface area contributed by atoms with Crippen molar-refractivity contribution in [3.63, 3.8) is 0 Å². The number of carboxylic acids is 1. The zero-order valence-corrected chi connectivity index (χ0v) is 14.0. The minimum atomic E-state index is -0.916. The zero-order chi connectivity index (χ0) is 17.9. The molecule has 0 fully saturated rings. The predicted molar refractivity (Wildman–Crippen MR) is 101 cm³/mol. The average Bonchev–Trinajstić information content (AvgIpc) is 3.02. The Labute approximate surface area is 150 Å². The van der Waals surface area contributed by atoms with Crippen molar-refractivity contribution in [1.82, 2.24) is 4.57 Å². The Morgan fingerprint density at radius 2 is 1.62 bits per heavy atom. The van der Waals surface area contributed by atoms with E-state index in [2.05, 4.69) is 0 Å². The molecule has 0 aliphatic heterocycles. The number of ether oxygens (including phenoxy) is 1. The zero-order valence-electron chi connectivity index (χ0n) is 14.0. The van der Waals surface area contributed by atoms with Crippen molar-refractivity contribution < 1.29 is 14.6 Å². The molecular weight excluding hydrogens is 326 g/mol. The molecule has 3 aromatic carbocycles. The van der Waals surface area contributed by atoms with Crippen molar-refractivity contribution in [3.05, 3.63) is 96.2 Å². The Morgan fingerprint density at radius 3 is 2.42 bits per heavy atom. The van der Waals surface area contributed by atoms with Crippen molar-refractivity contribution in [1.29, 1.82) is 0 Å². The topological polar surface area (TPSA) is 51.5 Å². The summed E-state index contributed by atoms with van der Waals surface area (Å²) in [7, 11) is 0. The van der Waals surface area contributed by atoms with Gasteiger partial charge in [0.05, 0.1) is 5.56 Å². The van der Waals surface area contributed by atoms with E-state index in [0.717, 1.165) is 28.0 Å². The van der Waals surface area contributed by atoms with Gasteiger partial charge in [-0.3, -0.25) is 0 Å². The molecule has 26 heavy (non-hydrogen) atoms. The molecule has 0 radical (unpaired) electrons. The van der Waals surface area contributed by atoms with Crippen molar-refractivity contribution in [2.24, 2.45) is 0 Å². The van der Waals surface area contributed by atoms with E-state index < -0.39 is 5.97 Å². The number of carboxylic acid groups (broad SMARTS) is 1. The first kappa shape index (κ1) is 16.0. The maximum Gasteiger partial charge on any atom is 0.337 e. The Bertz CT molecular complexity index is 1070. The van der Waals surface area contributed by atoms with E-state index in [4.69, 9.17) is 4.74 Å². The molecule has 4 heteroatoms. The van der Waals surface area contributed by atoms with E-state index in [1.807, 2.05) is 83.4 Å². The lowest BCUT2D eigenvalue weighted by atomic mass is 10.2. The van der Waals surface area contributed by atoms with Crippen LogP contribution in [-0.4, -0.2) is 15.6 Å². The number of hydrogen-bond donors (Lipinski definition) is 1. The minimum absolute atomic E-state index is 0.317. The highest BCUT2D eigenvalue weighted by molar-refractivity contribution is 6.03. The van der Waals surface area contributed by atoms with Crippen LogP contribution in [0.5, 0.6) is 11.5 Å². The maximum absolute atomic E-state index is 11.5. The van der Waals surface area contributed by atoms with Crippen molar-refractivity contribution in [2.45, 2.75) is 6.54 Å². The minimum Gasteiger partial charge on any atom is -0.478 e.